The zero-order valence-corrected chi connectivity index (χ0v) is 12.0. The Kier molecular flexibility index (Phi) is 5.00. The zero-order chi connectivity index (χ0) is 16.4. The van der Waals surface area contributed by atoms with Crippen LogP contribution in [0.15, 0.2) is 17.0 Å². The molecule has 0 saturated carbocycles. The van der Waals surface area contributed by atoms with E-state index in [2.05, 4.69) is 5.32 Å². The highest BCUT2D eigenvalue weighted by molar-refractivity contribution is 7.92. The number of hydrogen-bond acceptors (Lipinski definition) is 4. The number of benzene rings is 1. The molecule has 0 atom stereocenters. The minimum atomic E-state index is -4.43. The molecule has 6 nitrogen and oxygen atoms in total. The Hall–Kier alpha value is -2.03. The third-order valence-corrected chi connectivity index (χ3v) is 4.00. The van der Waals surface area contributed by atoms with Gasteiger partial charge in [0.25, 0.3) is 0 Å². The van der Waals surface area contributed by atoms with Gasteiger partial charge >= 0.3 is 5.97 Å². The summed E-state index contributed by atoms with van der Waals surface area (Å²) in [5, 5.41) is 11.0. The molecule has 1 amide bonds. The second-order valence-electron chi connectivity index (χ2n) is 4.52. The van der Waals surface area contributed by atoms with Gasteiger partial charge in [-0.1, -0.05) is 0 Å². The van der Waals surface area contributed by atoms with E-state index < -0.39 is 49.6 Å². The van der Waals surface area contributed by atoms with Crippen molar-refractivity contribution in [2.75, 3.05) is 5.75 Å². The van der Waals surface area contributed by atoms with E-state index in [9.17, 15) is 26.8 Å². The van der Waals surface area contributed by atoms with Gasteiger partial charge in [0.15, 0.2) is 15.7 Å². The Morgan fingerprint density at radius 2 is 1.86 bits per heavy atom. The first-order chi connectivity index (χ1) is 9.56. The fourth-order valence-corrected chi connectivity index (χ4v) is 2.82. The predicted molar refractivity (Wildman–Crippen MR) is 68.6 cm³/mol. The number of hydrogen-bond donors (Lipinski definition) is 2. The van der Waals surface area contributed by atoms with Crippen molar-refractivity contribution >= 4 is 21.7 Å². The number of halogens is 2. The molecule has 21 heavy (non-hydrogen) atoms. The van der Waals surface area contributed by atoms with Crippen molar-refractivity contribution in [1.82, 2.24) is 5.32 Å². The van der Waals surface area contributed by atoms with Crippen LogP contribution in [0.3, 0.4) is 0 Å². The van der Waals surface area contributed by atoms with Crippen LogP contribution >= 0.6 is 0 Å². The highest BCUT2D eigenvalue weighted by atomic mass is 32.2. The molecule has 0 fully saturated rings. The predicted octanol–water partition coefficient (Wildman–Crippen LogP) is 0.961. The summed E-state index contributed by atoms with van der Waals surface area (Å²) in [4.78, 5) is 21.1. The lowest BCUT2D eigenvalue weighted by Gasteiger charge is -2.10. The van der Waals surface area contributed by atoms with Gasteiger partial charge in [0, 0.05) is 6.04 Å². The number of carboxylic acid groups (broad SMARTS) is 1. The van der Waals surface area contributed by atoms with Crippen LogP contribution in [-0.2, 0) is 14.6 Å². The van der Waals surface area contributed by atoms with Gasteiger partial charge in [-0.15, -0.1) is 0 Å². The Labute approximate surface area is 119 Å². The summed E-state index contributed by atoms with van der Waals surface area (Å²) >= 11 is 0. The number of amides is 1. The molecule has 0 aliphatic heterocycles. The molecule has 0 aliphatic carbocycles. The SMILES string of the molecule is CC(C)NC(=O)CS(=O)(=O)c1ccc(F)c(C(=O)O)c1F. The molecular weight excluding hydrogens is 308 g/mol. The van der Waals surface area contributed by atoms with Gasteiger partial charge in [0.1, 0.15) is 22.0 Å². The van der Waals surface area contributed by atoms with E-state index in [-0.39, 0.29) is 6.04 Å². The van der Waals surface area contributed by atoms with E-state index in [1.165, 1.54) is 0 Å². The summed E-state index contributed by atoms with van der Waals surface area (Å²) in [6, 6.07) is 0.801. The van der Waals surface area contributed by atoms with Crippen molar-refractivity contribution in [3.8, 4) is 0 Å². The number of carbonyl (C=O) groups excluding carboxylic acids is 1. The maximum absolute atomic E-state index is 13.9. The normalized spacial score (nSPS) is 11.5. The van der Waals surface area contributed by atoms with Crippen molar-refractivity contribution in [3.05, 3.63) is 29.3 Å². The van der Waals surface area contributed by atoms with Crippen LogP contribution in [0.4, 0.5) is 8.78 Å². The standard InChI is InChI=1S/C12H13F2NO5S/c1-6(2)15-9(16)5-21(19,20)8-4-3-7(13)10(11(8)14)12(17)18/h3-4,6H,5H2,1-2H3,(H,15,16)(H,17,18). The van der Waals surface area contributed by atoms with Gasteiger partial charge in [0.2, 0.25) is 5.91 Å². The van der Waals surface area contributed by atoms with Crippen LogP contribution in [0, 0.1) is 11.6 Å². The lowest BCUT2D eigenvalue weighted by molar-refractivity contribution is -0.119. The quantitative estimate of drug-likeness (QED) is 0.787. The van der Waals surface area contributed by atoms with Crippen LogP contribution < -0.4 is 5.32 Å². The van der Waals surface area contributed by atoms with E-state index in [0.717, 1.165) is 0 Å². The average molecular weight is 321 g/mol. The molecule has 0 heterocycles. The third kappa shape index (κ3) is 3.97. The Morgan fingerprint density at radius 1 is 1.29 bits per heavy atom. The first kappa shape index (κ1) is 17.0. The molecule has 0 saturated heterocycles. The average Bonchev–Trinajstić information content (AvgIpc) is 2.25. The zero-order valence-electron chi connectivity index (χ0n) is 11.2. The lowest BCUT2D eigenvalue weighted by atomic mass is 10.2. The first-order valence-corrected chi connectivity index (χ1v) is 7.45. The Morgan fingerprint density at radius 3 is 2.33 bits per heavy atom. The number of sulfone groups is 1. The van der Waals surface area contributed by atoms with Crippen molar-refractivity contribution in [2.24, 2.45) is 0 Å². The molecule has 0 aromatic heterocycles. The largest absolute Gasteiger partial charge is 0.477 e. The summed E-state index contributed by atoms with van der Waals surface area (Å²) in [5.41, 5.74) is -1.37. The fourth-order valence-electron chi connectivity index (χ4n) is 1.58. The number of aromatic carboxylic acids is 1. The van der Waals surface area contributed by atoms with Crippen molar-refractivity contribution in [2.45, 2.75) is 24.8 Å². The molecule has 0 radical (unpaired) electrons. The molecule has 9 heteroatoms. The Balaban J connectivity index is 3.24. The summed E-state index contributed by atoms with van der Waals surface area (Å²) in [7, 11) is -4.43. The number of carboxylic acids is 1. The number of nitrogens with one attached hydrogen (secondary N) is 1. The van der Waals surface area contributed by atoms with Crippen LogP contribution in [0.2, 0.25) is 0 Å². The number of rotatable bonds is 5. The Bertz CT molecular complexity index is 685. The summed E-state index contributed by atoms with van der Waals surface area (Å²) in [6.07, 6.45) is 0. The maximum Gasteiger partial charge on any atom is 0.341 e. The van der Waals surface area contributed by atoms with Gasteiger partial charge in [0.05, 0.1) is 0 Å². The van der Waals surface area contributed by atoms with Gasteiger partial charge in [-0.3, -0.25) is 4.79 Å². The van der Waals surface area contributed by atoms with E-state index in [1.54, 1.807) is 13.8 Å². The minimum Gasteiger partial charge on any atom is -0.477 e. The van der Waals surface area contributed by atoms with Crippen LogP contribution in [0.25, 0.3) is 0 Å². The molecule has 2 N–H and O–H groups in total. The molecule has 1 aromatic carbocycles. The molecule has 0 spiro atoms. The van der Waals surface area contributed by atoms with E-state index in [1.807, 2.05) is 0 Å². The van der Waals surface area contributed by atoms with Gasteiger partial charge in [-0.05, 0) is 26.0 Å². The smallest absolute Gasteiger partial charge is 0.341 e. The molecule has 116 valence electrons. The topological polar surface area (TPSA) is 101 Å². The molecule has 1 aromatic rings. The van der Waals surface area contributed by atoms with Crippen molar-refractivity contribution in [1.29, 1.82) is 0 Å². The van der Waals surface area contributed by atoms with Crippen molar-refractivity contribution in [3.63, 3.8) is 0 Å². The summed E-state index contributed by atoms with van der Waals surface area (Å²) in [5.74, 6) is -6.99. The third-order valence-electron chi connectivity index (χ3n) is 2.38. The second kappa shape index (κ2) is 6.17. The molecule has 0 aliphatic rings. The van der Waals surface area contributed by atoms with Crippen LogP contribution in [-0.4, -0.2) is 37.2 Å². The van der Waals surface area contributed by atoms with Crippen molar-refractivity contribution < 1.29 is 31.9 Å². The number of carbonyl (C=O) groups is 2. The minimum absolute atomic E-state index is 0.319. The summed E-state index contributed by atoms with van der Waals surface area (Å²) < 4.78 is 50.9. The summed E-state index contributed by atoms with van der Waals surface area (Å²) in [6.45, 7) is 3.21. The monoisotopic (exact) mass is 321 g/mol. The molecular formula is C12H13F2NO5S. The lowest BCUT2D eigenvalue weighted by Crippen LogP contribution is -2.35. The van der Waals surface area contributed by atoms with E-state index in [0.29, 0.717) is 12.1 Å². The highest BCUT2D eigenvalue weighted by Crippen LogP contribution is 2.22. The molecule has 0 bridgehead atoms. The second-order valence-corrected chi connectivity index (χ2v) is 6.48. The van der Waals surface area contributed by atoms with Crippen LogP contribution in [0.5, 0.6) is 0 Å². The molecule has 0 unspecified atom stereocenters. The van der Waals surface area contributed by atoms with Gasteiger partial charge < -0.3 is 10.4 Å². The first-order valence-electron chi connectivity index (χ1n) is 5.79. The van der Waals surface area contributed by atoms with Gasteiger partial charge in [-0.25, -0.2) is 22.0 Å². The van der Waals surface area contributed by atoms with E-state index in [4.69, 9.17) is 5.11 Å². The van der Waals surface area contributed by atoms with Gasteiger partial charge in [-0.2, -0.15) is 0 Å². The molecule has 1 rings (SSSR count). The fraction of sp³-hybridized carbons (Fsp3) is 0.333. The maximum atomic E-state index is 13.9. The highest BCUT2D eigenvalue weighted by Gasteiger charge is 2.28. The van der Waals surface area contributed by atoms with E-state index >= 15 is 0 Å². The van der Waals surface area contributed by atoms with Crippen LogP contribution in [0.1, 0.15) is 24.2 Å².